The van der Waals surface area contributed by atoms with Crippen LogP contribution in [0.25, 0.3) is 0 Å². The number of halogens is 4. The summed E-state index contributed by atoms with van der Waals surface area (Å²) in [5.74, 6) is 0. The molecule has 1 aromatic carbocycles. The van der Waals surface area contributed by atoms with Crippen LogP contribution in [0.5, 0.6) is 0 Å². The molecule has 0 aromatic heterocycles. The van der Waals surface area contributed by atoms with Crippen LogP contribution in [0.15, 0.2) is 22.7 Å². The summed E-state index contributed by atoms with van der Waals surface area (Å²) in [5.41, 5.74) is 0.921. The van der Waals surface area contributed by atoms with Gasteiger partial charge in [-0.1, -0.05) is 22.9 Å². The number of hydrogen-bond acceptors (Lipinski definition) is 2. The van der Waals surface area contributed by atoms with Crippen molar-refractivity contribution in [2.45, 2.75) is 32.5 Å². The molecule has 0 bridgehead atoms. The quantitative estimate of drug-likeness (QED) is 0.865. The van der Waals surface area contributed by atoms with Crippen molar-refractivity contribution in [3.63, 3.8) is 0 Å². The fourth-order valence-corrected chi connectivity index (χ4v) is 2.30. The van der Waals surface area contributed by atoms with Gasteiger partial charge >= 0.3 is 6.18 Å². The minimum absolute atomic E-state index is 0.293. The number of hydrogen-bond donors (Lipinski definition) is 1. The SMILES string of the molecule is CCCN(CC(F)(F)F)c1ccc(Br)cc1C(C)O. The third kappa shape index (κ3) is 5.03. The number of anilines is 1. The number of aliphatic hydroxyl groups excluding tert-OH is 1. The Kier molecular flexibility index (Phi) is 5.67. The summed E-state index contributed by atoms with van der Waals surface area (Å²) in [6.07, 6.45) is -4.48. The van der Waals surface area contributed by atoms with Gasteiger partial charge < -0.3 is 10.0 Å². The molecule has 0 aliphatic carbocycles. The van der Waals surface area contributed by atoms with Gasteiger partial charge in [-0.25, -0.2) is 0 Å². The second-order valence-electron chi connectivity index (χ2n) is 4.42. The van der Waals surface area contributed by atoms with Crippen LogP contribution < -0.4 is 4.90 Å². The van der Waals surface area contributed by atoms with Gasteiger partial charge in [0, 0.05) is 22.3 Å². The molecule has 0 aliphatic heterocycles. The highest BCUT2D eigenvalue weighted by Crippen LogP contribution is 2.31. The van der Waals surface area contributed by atoms with Crippen LogP contribution in [-0.2, 0) is 0 Å². The van der Waals surface area contributed by atoms with Crippen molar-refractivity contribution < 1.29 is 18.3 Å². The Morgan fingerprint density at radius 3 is 2.47 bits per heavy atom. The summed E-state index contributed by atoms with van der Waals surface area (Å²) >= 11 is 3.26. The Labute approximate surface area is 119 Å². The average Bonchev–Trinajstić information content (AvgIpc) is 2.26. The zero-order valence-corrected chi connectivity index (χ0v) is 12.4. The molecule has 0 saturated heterocycles. The molecule has 2 nitrogen and oxygen atoms in total. The normalized spacial score (nSPS) is 13.4. The molecule has 0 aliphatic rings. The first-order valence-electron chi connectivity index (χ1n) is 6.03. The van der Waals surface area contributed by atoms with Gasteiger partial charge in [0.25, 0.3) is 0 Å². The predicted molar refractivity (Wildman–Crippen MR) is 73.3 cm³/mol. The van der Waals surface area contributed by atoms with E-state index in [9.17, 15) is 18.3 Å². The van der Waals surface area contributed by atoms with E-state index in [2.05, 4.69) is 15.9 Å². The van der Waals surface area contributed by atoms with Crippen LogP contribution in [0.3, 0.4) is 0 Å². The predicted octanol–water partition coefficient (Wildman–Crippen LogP) is 4.28. The molecular weight excluding hydrogens is 323 g/mol. The molecule has 0 spiro atoms. The third-order valence-electron chi connectivity index (χ3n) is 2.64. The molecule has 1 aromatic rings. The summed E-state index contributed by atoms with van der Waals surface area (Å²) in [6.45, 7) is 2.65. The van der Waals surface area contributed by atoms with E-state index in [4.69, 9.17) is 0 Å². The highest BCUT2D eigenvalue weighted by Gasteiger charge is 2.31. The second-order valence-corrected chi connectivity index (χ2v) is 5.33. The first kappa shape index (κ1) is 16.3. The lowest BCUT2D eigenvalue weighted by Gasteiger charge is -2.28. The van der Waals surface area contributed by atoms with E-state index in [1.807, 2.05) is 6.92 Å². The number of benzene rings is 1. The van der Waals surface area contributed by atoms with E-state index >= 15 is 0 Å². The summed E-state index contributed by atoms with van der Waals surface area (Å²) in [4.78, 5) is 1.26. The number of nitrogens with zero attached hydrogens (tertiary/aromatic N) is 1. The Bertz CT molecular complexity index is 421. The minimum Gasteiger partial charge on any atom is -0.389 e. The van der Waals surface area contributed by atoms with Crippen LogP contribution >= 0.6 is 15.9 Å². The zero-order valence-electron chi connectivity index (χ0n) is 10.8. The van der Waals surface area contributed by atoms with Crippen molar-refractivity contribution in [3.05, 3.63) is 28.2 Å². The van der Waals surface area contributed by atoms with Crippen LogP contribution in [0.1, 0.15) is 31.9 Å². The van der Waals surface area contributed by atoms with Crippen molar-refractivity contribution in [3.8, 4) is 0 Å². The summed E-state index contributed by atoms with van der Waals surface area (Å²) in [6, 6.07) is 4.94. The number of rotatable bonds is 5. The Hall–Kier alpha value is -0.750. The molecule has 108 valence electrons. The molecule has 1 unspecified atom stereocenters. The maximum atomic E-state index is 12.6. The molecule has 0 radical (unpaired) electrons. The highest BCUT2D eigenvalue weighted by molar-refractivity contribution is 9.10. The summed E-state index contributed by atoms with van der Waals surface area (Å²) in [5, 5.41) is 9.72. The van der Waals surface area contributed by atoms with Gasteiger partial charge in [-0.05, 0) is 31.5 Å². The van der Waals surface area contributed by atoms with Crippen LogP contribution in [-0.4, -0.2) is 24.4 Å². The molecule has 0 saturated carbocycles. The first-order valence-corrected chi connectivity index (χ1v) is 6.83. The standard InChI is InChI=1S/C13H17BrF3NO/c1-3-6-18(8-13(15,16)17)12-5-4-10(14)7-11(12)9(2)19/h4-5,7,9,19H,3,6,8H2,1-2H3. The first-order chi connectivity index (χ1) is 8.74. The highest BCUT2D eigenvalue weighted by atomic mass is 79.9. The maximum absolute atomic E-state index is 12.6. The summed E-state index contributed by atoms with van der Waals surface area (Å²) < 4.78 is 38.6. The van der Waals surface area contributed by atoms with E-state index in [0.29, 0.717) is 24.2 Å². The van der Waals surface area contributed by atoms with Gasteiger partial charge in [-0.3, -0.25) is 0 Å². The van der Waals surface area contributed by atoms with Crippen molar-refractivity contribution in [2.24, 2.45) is 0 Å². The molecule has 19 heavy (non-hydrogen) atoms. The third-order valence-corrected chi connectivity index (χ3v) is 3.14. The van der Waals surface area contributed by atoms with Gasteiger partial charge in [0.2, 0.25) is 0 Å². The van der Waals surface area contributed by atoms with E-state index < -0.39 is 18.8 Å². The van der Waals surface area contributed by atoms with Crippen LogP contribution in [0.4, 0.5) is 18.9 Å². The lowest BCUT2D eigenvalue weighted by atomic mass is 10.1. The van der Waals surface area contributed by atoms with Crippen molar-refractivity contribution in [2.75, 3.05) is 18.0 Å². The molecule has 1 rings (SSSR count). The van der Waals surface area contributed by atoms with Crippen molar-refractivity contribution in [1.29, 1.82) is 0 Å². The largest absolute Gasteiger partial charge is 0.405 e. The zero-order chi connectivity index (χ0) is 14.6. The Morgan fingerprint density at radius 1 is 1.37 bits per heavy atom. The second kappa shape index (κ2) is 6.61. The fraction of sp³-hybridized carbons (Fsp3) is 0.538. The van der Waals surface area contributed by atoms with E-state index in [0.717, 1.165) is 4.47 Å². The van der Waals surface area contributed by atoms with Gasteiger partial charge in [-0.2, -0.15) is 13.2 Å². The minimum atomic E-state index is -4.27. The van der Waals surface area contributed by atoms with Crippen LogP contribution in [0, 0.1) is 0 Å². The molecule has 0 heterocycles. The molecule has 0 amide bonds. The summed E-state index contributed by atoms with van der Waals surface area (Å²) in [7, 11) is 0. The van der Waals surface area contributed by atoms with E-state index in [1.165, 1.54) is 4.90 Å². The number of aliphatic hydroxyl groups is 1. The molecule has 1 atom stereocenters. The smallest absolute Gasteiger partial charge is 0.389 e. The molecule has 6 heteroatoms. The fourth-order valence-electron chi connectivity index (χ4n) is 1.92. The number of alkyl halides is 3. The maximum Gasteiger partial charge on any atom is 0.405 e. The van der Waals surface area contributed by atoms with Crippen molar-refractivity contribution in [1.82, 2.24) is 0 Å². The molecule has 0 fully saturated rings. The van der Waals surface area contributed by atoms with Gasteiger partial charge in [0.15, 0.2) is 0 Å². The topological polar surface area (TPSA) is 23.5 Å². The Morgan fingerprint density at radius 2 is 2.00 bits per heavy atom. The van der Waals surface area contributed by atoms with Gasteiger partial charge in [-0.15, -0.1) is 0 Å². The lowest BCUT2D eigenvalue weighted by Crippen LogP contribution is -2.35. The Balaban J connectivity index is 3.14. The van der Waals surface area contributed by atoms with Crippen molar-refractivity contribution >= 4 is 21.6 Å². The average molecular weight is 340 g/mol. The van der Waals surface area contributed by atoms with E-state index in [1.54, 1.807) is 25.1 Å². The lowest BCUT2D eigenvalue weighted by molar-refractivity contribution is -0.119. The van der Waals surface area contributed by atoms with E-state index in [-0.39, 0.29) is 0 Å². The van der Waals surface area contributed by atoms with Crippen LogP contribution in [0.2, 0.25) is 0 Å². The molecule has 1 N–H and O–H groups in total. The monoisotopic (exact) mass is 339 g/mol. The van der Waals surface area contributed by atoms with Gasteiger partial charge in [0.1, 0.15) is 6.54 Å². The molecular formula is C13H17BrF3NO. The van der Waals surface area contributed by atoms with Gasteiger partial charge in [0.05, 0.1) is 6.10 Å².